The van der Waals surface area contributed by atoms with Crippen molar-refractivity contribution in [2.45, 2.75) is 52.5 Å². The van der Waals surface area contributed by atoms with E-state index in [-0.39, 0.29) is 11.8 Å². The fraction of sp³-hybridized carbons (Fsp3) is 0.500. The Morgan fingerprint density at radius 1 is 1.21 bits per heavy atom. The van der Waals surface area contributed by atoms with Gasteiger partial charge in [0.15, 0.2) is 5.82 Å². The molecule has 0 radical (unpaired) electrons. The standard InChI is InChI=1S/C22H30N4O3/c1-4-12-25(13-5-2)22(28)19-18-11-6-7-14-26(18)20(24-19)21(27)23-16-9-8-10-17(15-16)29-3/h8-10,15H,4-7,11-14H2,1-3H3,(H,23,27). The first-order valence-electron chi connectivity index (χ1n) is 10.4. The molecule has 0 fully saturated rings. The van der Waals surface area contributed by atoms with Crippen molar-refractivity contribution in [2.24, 2.45) is 0 Å². The van der Waals surface area contributed by atoms with Crippen LogP contribution < -0.4 is 10.1 Å². The molecule has 7 heteroatoms. The van der Waals surface area contributed by atoms with Gasteiger partial charge in [-0.25, -0.2) is 4.98 Å². The number of fused-ring (bicyclic) bond motifs is 1. The van der Waals surface area contributed by atoms with Crippen LogP contribution in [-0.2, 0) is 13.0 Å². The van der Waals surface area contributed by atoms with Crippen molar-refractivity contribution in [3.8, 4) is 5.75 Å². The summed E-state index contributed by atoms with van der Waals surface area (Å²) in [5, 5.41) is 2.89. The molecule has 1 aromatic heterocycles. The first kappa shape index (κ1) is 20.9. The number of benzene rings is 1. The van der Waals surface area contributed by atoms with Gasteiger partial charge in [0.1, 0.15) is 11.4 Å². The maximum Gasteiger partial charge on any atom is 0.291 e. The van der Waals surface area contributed by atoms with E-state index in [1.54, 1.807) is 19.2 Å². The highest BCUT2D eigenvalue weighted by molar-refractivity contribution is 6.03. The lowest BCUT2D eigenvalue weighted by Crippen LogP contribution is -2.33. The lowest BCUT2D eigenvalue weighted by molar-refractivity contribution is 0.0748. The summed E-state index contributed by atoms with van der Waals surface area (Å²) in [4.78, 5) is 32.6. The van der Waals surface area contributed by atoms with Crippen LogP contribution in [0.1, 0.15) is 66.3 Å². The molecule has 1 aliphatic heterocycles. The highest BCUT2D eigenvalue weighted by atomic mass is 16.5. The van der Waals surface area contributed by atoms with Crippen LogP contribution in [0, 0.1) is 0 Å². The second kappa shape index (κ2) is 9.58. The number of imidazole rings is 1. The third-order valence-corrected chi connectivity index (χ3v) is 5.13. The number of ether oxygens (including phenoxy) is 1. The summed E-state index contributed by atoms with van der Waals surface area (Å²) in [5.41, 5.74) is 1.95. The van der Waals surface area contributed by atoms with Gasteiger partial charge in [-0.15, -0.1) is 0 Å². The quantitative estimate of drug-likeness (QED) is 0.735. The second-order valence-electron chi connectivity index (χ2n) is 7.32. The average molecular weight is 399 g/mol. The molecule has 2 amide bonds. The van der Waals surface area contributed by atoms with E-state index in [2.05, 4.69) is 24.1 Å². The molecule has 0 unspecified atom stereocenters. The molecular formula is C22H30N4O3. The first-order chi connectivity index (χ1) is 14.1. The minimum absolute atomic E-state index is 0.0696. The summed E-state index contributed by atoms with van der Waals surface area (Å²) in [7, 11) is 1.59. The van der Waals surface area contributed by atoms with Gasteiger partial charge < -0.3 is 19.5 Å². The van der Waals surface area contributed by atoms with Crippen molar-refractivity contribution in [1.29, 1.82) is 0 Å². The molecule has 1 N–H and O–H groups in total. The van der Waals surface area contributed by atoms with E-state index < -0.39 is 0 Å². The van der Waals surface area contributed by atoms with Gasteiger partial charge in [0.2, 0.25) is 0 Å². The van der Waals surface area contributed by atoms with E-state index in [9.17, 15) is 9.59 Å². The Morgan fingerprint density at radius 3 is 2.66 bits per heavy atom. The molecular weight excluding hydrogens is 368 g/mol. The predicted molar refractivity (Wildman–Crippen MR) is 113 cm³/mol. The predicted octanol–water partition coefficient (Wildman–Crippen LogP) is 3.74. The lowest BCUT2D eigenvalue weighted by atomic mass is 10.1. The van der Waals surface area contributed by atoms with Crippen LogP contribution >= 0.6 is 0 Å². The van der Waals surface area contributed by atoms with Gasteiger partial charge in [0.05, 0.1) is 12.8 Å². The first-order valence-corrected chi connectivity index (χ1v) is 10.4. The highest BCUT2D eigenvalue weighted by Crippen LogP contribution is 2.24. The number of nitrogens with one attached hydrogen (secondary N) is 1. The number of rotatable bonds is 8. The Balaban J connectivity index is 1.91. The fourth-order valence-electron chi connectivity index (χ4n) is 3.78. The van der Waals surface area contributed by atoms with Gasteiger partial charge in [0, 0.05) is 31.4 Å². The molecule has 1 aromatic carbocycles. The molecule has 7 nitrogen and oxygen atoms in total. The van der Waals surface area contributed by atoms with Crippen LogP contribution in [0.25, 0.3) is 0 Å². The number of nitrogens with zero attached hydrogens (tertiary/aromatic N) is 3. The van der Waals surface area contributed by atoms with Crippen LogP contribution in [0.2, 0.25) is 0 Å². The number of methoxy groups -OCH3 is 1. The SMILES string of the molecule is CCCN(CCC)C(=O)c1nc(C(=O)Nc2cccc(OC)c2)n2c1CCCC2. The summed E-state index contributed by atoms with van der Waals surface area (Å²) in [6.45, 7) is 6.23. The van der Waals surface area contributed by atoms with E-state index in [1.807, 2.05) is 21.6 Å². The average Bonchev–Trinajstić information content (AvgIpc) is 3.13. The van der Waals surface area contributed by atoms with Gasteiger partial charge in [0.25, 0.3) is 11.8 Å². The van der Waals surface area contributed by atoms with E-state index in [0.29, 0.717) is 42.6 Å². The monoisotopic (exact) mass is 398 g/mol. The molecule has 0 bridgehead atoms. The van der Waals surface area contributed by atoms with Gasteiger partial charge in [-0.05, 0) is 44.2 Å². The van der Waals surface area contributed by atoms with Crippen molar-refractivity contribution < 1.29 is 14.3 Å². The number of hydrogen-bond acceptors (Lipinski definition) is 4. The zero-order valence-electron chi connectivity index (χ0n) is 17.5. The van der Waals surface area contributed by atoms with Crippen LogP contribution in [0.3, 0.4) is 0 Å². The topological polar surface area (TPSA) is 76.5 Å². The maximum atomic E-state index is 13.2. The van der Waals surface area contributed by atoms with Gasteiger partial charge >= 0.3 is 0 Å². The van der Waals surface area contributed by atoms with Crippen LogP contribution in [0.4, 0.5) is 5.69 Å². The highest BCUT2D eigenvalue weighted by Gasteiger charge is 2.29. The number of aromatic nitrogens is 2. The minimum Gasteiger partial charge on any atom is -0.497 e. The summed E-state index contributed by atoms with van der Waals surface area (Å²) in [6.07, 6.45) is 4.54. The number of anilines is 1. The molecule has 2 heterocycles. The van der Waals surface area contributed by atoms with Crippen LogP contribution in [0.15, 0.2) is 24.3 Å². The zero-order chi connectivity index (χ0) is 20.8. The third kappa shape index (κ3) is 4.60. The Hall–Kier alpha value is -2.83. The molecule has 2 aromatic rings. The summed E-state index contributed by atoms with van der Waals surface area (Å²) >= 11 is 0. The lowest BCUT2D eigenvalue weighted by Gasteiger charge is -2.22. The molecule has 1 aliphatic rings. The molecule has 29 heavy (non-hydrogen) atoms. The van der Waals surface area contributed by atoms with Gasteiger partial charge in [-0.3, -0.25) is 9.59 Å². The molecule has 3 rings (SSSR count). The number of carbonyl (C=O) groups is 2. The Kier molecular flexibility index (Phi) is 6.90. The van der Waals surface area contributed by atoms with Crippen LogP contribution in [-0.4, -0.2) is 46.5 Å². The molecule has 0 saturated heterocycles. The third-order valence-electron chi connectivity index (χ3n) is 5.13. The van der Waals surface area contributed by atoms with E-state index in [4.69, 9.17) is 4.74 Å². The molecule has 0 saturated carbocycles. The van der Waals surface area contributed by atoms with Crippen molar-refractivity contribution in [2.75, 3.05) is 25.5 Å². The number of hydrogen-bond donors (Lipinski definition) is 1. The van der Waals surface area contributed by atoms with Gasteiger partial charge in [-0.1, -0.05) is 19.9 Å². The number of carbonyl (C=O) groups excluding carboxylic acids is 2. The van der Waals surface area contributed by atoms with Crippen molar-refractivity contribution >= 4 is 17.5 Å². The summed E-state index contributed by atoms with van der Waals surface area (Å²) in [5.74, 6) is 0.593. The van der Waals surface area contributed by atoms with Crippen LogP contribution in [0.5, 0.6) is 5.75 Å². The Bertz CT molecular complexity index is 869. The minimum atomic E-state index is -0.307. The largest absolute Gasteiger partial charge is 0.497 e. The molecule has 0 aliphatic carbocycles. The van der Waals surface area contributed by atoms with Crippen molar-refractivity contribution in [1.82, 2.24) is 14.5 Å². The fourth-order valence-corrected chi connectivity index (χ4v) is 3.78. The number of amides is 2. The van der Waals surface area contributed by atoms with Crippen molar-refractivity contribution in [3.63, 3.8) is 0 Å². The van der Waals surface area contributed by atoms with Crippen molar-refractivity contribution in [3.05, 3.63) is 41.5 Å². The molecule has 0 atom stereocenters. The zero-order valence-corrected chi connectivity index (χ0v) is 17.5. The molecule has 156 valence electrons. The smallest absolute Gasteiger partial charge is 0.291 e. The maximum absolute atomic E-state index is 13.2. The van der Waals surface area contributed by atoms with Gasteiger partial charge in [-0.2, -0.15) is 0 Å². The second-order valence-corrected chi connectivity index (χ2v) is 7.32. The summed E-state index contributed by atoms with van der Waals surface area (Å²) in [6, 6.07) is 7.20. The molecule has 0 spiro atoms. The Morgan fingerprint density at radius 2 is 1.97 bits per heavy atom. The van der Waals surface area contributed by atoms with E-state index in [1.165, 1.54) is 0 Å². The van der Waals surface area contributed by atoms with E-state index >= 15 is 0 Å². The Labute approximate surface area is 172 Å². The van der Waals surface area contributed by atoms with E-state index in [0.717, 1.165) is 37.8 Å². The normalized spacial score (nSPS) is 12.9. The summed E-state index contributed by atoms with van der Waals surface area (Å²) < 4.78 is 7.14.